The molecule has 32 heavy (non-hydrogen) atoms. The molecule has 3 aromatic rings. The summed E-state index contributed by atoms with van der Waals surface area (Å²) < 4.78 is 45.0. The number of carbonyl (C=O) groups is 1. The number of nitrogens with one attached hydrogen (secondary N) is 1. The van der Waals surface area contributed by atoms with E-state index < -0.39 is 11.9 Å². The van der Waals surface area contributed by atoms with Crippen molar-refractivity contribution in [3.05, 3.63) is 65.9 Å². The van der Waals surface area contributed by atoms with E-state index in [2.05, 4.69) is 15.3 Å². The first-order valence-electron chi connectivity index (χ1n) is 9.32. The van der Waals surface area contributed by atoms with E-state index in [1.165, 1.54) is 7.11 Å². The predicted molar refractivity (Wildman–Crippen MR) is 114 cm³/mol. The van der Waals surface area contributed by atoms with Gasteiger partial charge in [-0.15, -0.1) is 0 Å². The van der Waals surface area contributed by atoms with E-state index in [9.17, 15) is 18.0 Å². The second kappa shape index (κ2) is 10.2. The van der Waals surface area contributed by atoms with Crippen molar-refractivity contribution in [2.75, 3.05) is 18.2 Å². The maximum Gasteiger partial charge on any atom is 0.433 e. The molecule has 0 fully saturated rings. The molecule has 1 amide bonds. The summed E-state index contributed by atoms with van der Waals surface area (Å²) >= 11 is 0.961. The standard InChI is InChI=1S/C22H17F3N4O2S/c1-31-17-8-4-15(5-9-17)18-12-19(22(23,24)25)29-21(28-18)32-11-10-20(30)27-16-6-2-14(13-26)3-7-16/h2-9,12H,10-11H2,1H3,(H,27,30). The minimum Gasteiger partial charge on any atom is -0.497 e. The summed E-state index contributed by atoms with van der Waals surface area (Å²) in [4.78, 5) is 19.9. The fraction of sp³-hybridized carbons (Fsp3) is 0.182. The number of amides is 1. The zero-order chi connectivity index (χ0) is 23.1. The van der Waals surface area contributed by atoms with Crippen LogP contribution in [0.15, 0.2) is 59.8 Å². The number of ether oxygens (including phenoxy) is 1. The van der Waals surface area contributed by atoms with Gasteiger partial charge >= 0.3 is 6.18 Å². The molecule has 3 rings (SSSR count). The first-order valence-corrected chi connectivity index (χ1v) is 10.3. The number of alkyl halides is 3. The van der Waals surface area contributed by atoms with Gasteiger partial charge < -0.3 is 10.1 Å². The third-order valence-corrected chi connectivity index (χ3v) is 5.09. The summed E-state index contributed by atoms with van der Waals surface area (Å²) in [5.74, 6) is 0.442. The summed E-state index contributed by atoms with van der Waals surface area (Å²) in [5.41, 5.74) is 0.547. The number of aromatic nitrogens is 2. The number of methoxy groups -OCH3 is 1. The van der Waals surface area contributed by atoms with Crippen molar-refractivity contribution in [3.8, 4) is 23.1 Å². The largest absolute Gasteiger partial charge is 0.497 e. The number of benzene rings is 2. The van der Waals surface area contributed by atoms with Gasteiger partial charge in [0.25, 0.3) is 0 Å². The van der Waals surface area contributed by atoms with Gasteiger partial charge in [0.1, 0.15) is 11.4 Å². The molecule has 1 N–H and O–H groups in total. The van der Waals surface area contributed by atoms with E-state index in [1.807, 2.05) is 6.07 Å². The smallest absolute Gasteiger partial charge is 0.433 e. The van der Waals surface area contributed by atoms with Gasteiger partial charge in [-0.25, -0.2) is 9.97 Å². The molecule has 6 nitrogen and oxygen atoms in total. The molecule has 0 saturated heterocycles. The summed E-state index contributed by atoms with van der Waals surface area (Å²) in [6, 6.07) is 15.7. The molecule has 2 aromatic carbocycles. The van der Waals surface area contributed by atoms with Gasteiger partial charge in [-0.05, 0) is 54.6 Å². The van der Waals surface area contributed by atoms with Crippen molar-refractivity contribution in [1.82, 2.24) is 9.97 Å². The van der Waals surface area contributed by atoms with Gasteiger partial charge in [0.05, 0.1) is 24.4 Å². The third kappa shape index (κ3) is 6.21. The van der Waals surface area contributed by atoms with E-state index in [-0.39, 0.29) is 28.9 Å². The van der Waals surface area contributed by atoms with Crippen LogP contribution in [-0.2, 0) is 11.0 Å². The van der Waals surface area contributed by atoms with E-state index >= 15 is 0 Å². The molecule has 1 heterocycles. The van der Waals surface area contributed by atoms with Crippen LogP contribution in [0.1, 0.15) is 17.7 Å². The Balaban J connectivity index is 1.69. The highest BCUT2D eigenvalue weighted by Crippen LogP contribution is 2.32. The maximum atomic E-state index is 13.3. The first kappa shape index (κ1) is 23.1. The molecular weight excluding hydrogens is 441 g/mol. The van der Waals surface area contributed by atoms with Gasteiger partial charge in [0.15, 0.2) is 5.16 Å². The quantitative estimate of drug-likeness (QED) is 0.389. The second-order valence-corrected chi connectivity index (χ2v) is 7.55. The average molecular weight is 458 g/mol. The molecule has 1 aromatic heterocycles. The molecule has 0 unspecified atom stereocenters. The number of thioether (sulfide) groups is 1. The topological polar surface area (TPSA) is 87.9 Å². The Bertz CT molecular complexity index is 1130. The molecule has 0 aliphatic carbocycles. The lowest BCUT2D eigenvalue weighted by Gasteiger charge is -2.11. The van der Waals surface area contributed by atoms with Crippen LogP contribution in [0.5, 0.6) is 5.75 Å². The molecule has 0 saturated carbocycles. The Morgan fingerprint density at radius 3 is 2.41 bits per heavy atom. The van der Waals surface area contributed by atoms with Crippen LogP contribution in [-0.4, -0.2) is 28.7 Å². The molecule has 10 heteroatoms. The van der Waals surface area contributed by atoms with Gasteiger partial charge in [-0.2, -0.15) is 18.4 Å². The molecule has 0 spiro atoms. The zero-order valence-electron chi connectivity index (χ0n) is 16.8. The Kier molecular flexibility index (Phi) is 7.33. The average Bonchev–Trinajstić information content (AvgIpc) is 2.79. The normalized spacial score (nSPS) is 11.0. The van der Waals surface area contributed by atoms with Crippen molar-refractivity contribution in [2.24, 2.45) is 0 Å². The van der Waals surface area contributed by atoms with Crippen LogP contribution in [0.25, 0.3) is 11.3 Å². The molecule has 164 valence electrons. The van der Waals surface area contributed by atoms with Gasteiger partial charge in [0, 0.05) is 23.4 Å². The van der Waals surface area contributed by atoms with Crippen molar-refractivity contribution in [1.29, 1.82) is 5.26 Å². The van der Waals surface area contributed by atoms with Gasteiger partial charge in [-0.1, -0.05) is 11.8 Å². The maximum absolute atomic E-state index is 13.3. The summed E-state index contributed by atoms with van der Waals surface area (Å²) in [6.07, 6.45) is -4.59. The fourth-order valence-corrected chi connectivity index (χ4v) is 3.43. The number of hydrogen-bond acceptors (Lipinski definition) is 6. The number of carbonyl (C=O) groups excluding carboxylic acids is 1. The summed E-state index contributed by atoms with van der Waals surface area (Å²) in [5, 5.41) is 11.4. The van der Waals surface area contributed by atoms with Crippen LogP contribution in [0.2, 0.25) is 0 Å². The highest BCUT2D eigenvalue weighted by Gasteiger charge is 2.33. The zero-order valence-corrected chi connectivity index (χ0v) is 17.6. The molecule has 0 radical (unpaired) electrons. The van der Waals surface area contributed by atoms with Crippen LogP contribution in [0, 0.1) is 11.3 Å². The van der Waals surface area contributed by atoms with Crippen molar-refractivity contribution >= 4 is 23.4 Å². The Labute approximate surface area is 186 Å². The Morgan fingerprint density at radius 2 is 1.81 bits per heavy atom. The summed E-state index contributed by atoms with van der Waals surface area (Å²) in [7, 11) is 1.49. The molecular formula is C22H17F3N4O2S. The lowest BCUT2D eigenvalue weighted by Crippen LogP contribution is -2.13. The second-order valence-electron chi connectivity index (χ2n) is 6.48. The van der Waals surface area contributed by atoms with Crippen LogP contribution < -0.4 is 10.1 Å². The number of hydrogen-bond donors (Lipinski definition) is 1. The number of nitrogens with zero attached hydrogens (tertiary/aromatic N) is 3. The van der Waals surface area contributed by atoms with E-state index in [1.54, 1.807) is 48.5 Å². The highest BCUT2D eigenvalue weighted by molar-refractivity contribution is 7.99. The van der Waals surface area contributed by atoms with E-state index in [4.69, 9.17) is 10.00 Å². The number of rotatable bonds is 7. The van der Waals surface area contributed by atoms with Crippen molar-refractivity contribution in [2.45, 2.75) is 17.8 Å². The van der Waals surface area contributed by atoms with Gasteiger partial charge in [0.2, 0.25) is 5.91 Å². The molecule has 0 bridgehead atoms. The summed E-state index contributed by atoms with van der Waals surface area (Å²) in [6.45, 7) is 0. The molecule has 0 aliphatic heterocycles. The molecule has 0 atom stereocenters. The highest BCUT2D eigenvalue weighted by atomic mass is 32.2. The predicted octanol–water partition coefficient (Wildman–Crippen LogP) is 5.16. The Morgan fingerprint density at radius 1 is 1.12 bits per heavy atom. The van der Waals surface area contributed by atoms with Crippen molar-refractivity contribution < 1.29 is 22.7 Å². The monoisotopic (exact) mass is 458 g/mol. The van der Waals surface area contributed by atoms with Crippen molar-refractivity contribution in [3.63, 3.8) is 0 Å². The lowest BCUT2D eigenvalue weighted by atomic mass is 10.1. The first-order chi connectivity index (χ1) is 15.3. The third-order valence-electron chi connectivity index (χ3n) is 4.24. The van der Waals surface area contributed by atoms with Crippen LogP contribution >= 0.6 is 11.8 Å². The SMILES string of the molecule is COc1ccc(-c2cc(C(F)(F)F)nc(SCCC(=O)Nc3ccc(C#N)cc3)n2)cc1. The molecule has 0 aliphatic rings. The number of anilines is 1. The minimum absolute atomic E-state index is 0.0438. The lowest BCUT2D eigenvalue weighted by molar-refractivity contribution is -0.141. The fourth-order valence-electron chi connectivity index (χ4n) is 2.63. The van der Waals surface area contributed by atoms with E-state index in [0.29, 0.717) is 22.6 Å². The number of halogens is 3. The minimum atomic E-state index is -4.63. The van der Waals surface area contributed by atoms with Gasteiger partial charge in [-0.3, -0.25) is 4.79 Å². The Hall–Kier alpha value is -3.58. The van der Waals surface area contributed by atoms with Crippen LogP contribution in [0.4, 0.5) is 18.9 Å². The van der Waals surface area contributed by atoms with E-state index in [0.717, 1.165) is 17.8 Å². The number of nitriles is 1. The van der Waals surface area contributed by atoms with Crippen LogP contribution in [0.3, 0.4) is 0 Å².